The van der Waals surface area contributed by atoms with Gasteiger partial charge in [-0.1, -0.05) is 0 Å². The maximum absolute atomic E-state index is 11.7. The van der Waals surface area contributed by atoms with Crippen LogP contribution in [0.4, 0.5) is 0 Å². The van der Waals surface area contributed by atoms with Crippen LogP contribution in [0, 0.1) is 5.41 Å². The Bertz CT molecular complexity index is 369. The summed E-state index contributed by atoms with van der Waals surface area (Å²) in [7, 11) is 0. The minimum atomic E-state index is -0.542. The Morgan fingerprint density at radius 1 is 1.44 bits per heavy atom. The molecule has 0 unspecified atom stereocenters. The topological polar surface area (TPSA) is 48.4 Å². The molecule has 0 aromatic carbocycles. The van der Waals surface area contributed by atoms with Crippen molar-refractivity contribution in [1.29, 1.82) is 0 Å². The van der Waals surface area contributed by atoms with Gasteiger partial charge >= 0.3 is 5.97 Å². The Labute approximate surface area is 95.6 Å². The van der Waals surface area contributed by atoms with E-state index in [2.05, 4.69) is 4.98 Å². The first-order valence-electron chi connectivity index (χ1n) is 5.25. The summed E-state index contributed by atoms with van der Waals surface area (Å²) in [5.41, 5.74) is -0.542. The number of carbonyl (C=O) groups is 1. The molecule has 0 atom stereocenters. The second kappa shape index (κ2) is 4.96. The molecule has 16 heavy (non-hydrogen) atoms. The van der Waals surface area contributed by atoms with Crippen molar-refractivity contribution in [2.24, 2.45) is 5.41 Å². The molecule has 0 bridgehead atoms. The van der Waals surface area contributed by atoms with Crippen molar-refractivity contribution in [2.75, 3.05) is 6.61 Å². The Hall–Kier alpha value is -1.58. The van der Waals surface area contributed by atoms with Gasteiger partial charge in [0.25, 0.3) is 5.88 Å². The van der Waals surface area contributed by atoms with Gasteiger partial charge in [-0.05, 0) is 39.8 Å². The Balaban J connectivity index is 2.84. The molecule has 0 saturated heterocycles. The van der Waals surface area contributed by atoms with E-state index in [9.17, 15) is 4.79 Å². The zero-order chi connectivity index (χ0) is 12.2. The van der Waals surface area contributed by atoms with Gasteiger partial charge in [-0.25, -0.2) is 4.98 Å². The fourth-order valence-electron chi connectivity index (χ4n) is 0.952. The second-order valence-corrected chi connectivity index (χ2v) is 4.38. The van der Waals surface area contributed by atoms with Crippen molar-refractivity contribution >= 4 is 5.97 Å². The monoisotopic (exact) mass is 223 g/mol. The third kappa shape index (κ3) is 3.22. The SMILES string of the molecule is CCOc1ncccc1OC(=O)C(C)(C)C. The predicted octanol–water partition coefficient (Wildman–Crippen LogP) is 2.43. The van der Waals surface area contributed by atoms with E-state index in [0.717, 1.165) is 0 Å². The molecule has 0 radical (unpaired) electrons. The minimum Gasteiger partial charge on any atom is -0.475 e. The molecular weight excluding hydrogens is 206 g/mol. The van der Waals surface area contributed by atoms with Crippen molar-refractivity contribution in [2.45, 2.75) is 27.7 Å². The third-order valence-corrected chi connectivity index (χ3v) is 1.83. The molecule has 0 spiro atoms. The normalized spacial score (nSPS) is 11.0. The number of hydrogen-bond acceptors (Lipinski definition) is 4. The van der Waals surface area contributed by atoms with E-state index in [0.29, 0.717) is 18.2 Å². The summed E-state index contributed by atoms with van der Waals surface area (Å²) in [6.45, 7) is 7.73. The van der Waals surface area contributed by atoms with Gasteiger partial charge in [0.2, 0.25) is 0 Å². The highest BCUT2D eigenvalue weighted by atomic mass is 16.6. The van der Waals surface area contributed by atoms with E-state index < -0.39 is 5.41 Å². The summed E-state index contributed by atoms with van der Waals surface area (Å²) in [6.07, 6.45) is 1.60. The fraction of sp³-hybridized carbons (Fsp3) is 0.500. The van der Waals surface area contributed by atoms with E-state index in [-0.39, 0.29) is 5.97 Å². The zero-order valence-electron chi connectivity index (χ0n) is 10.1. The van der Waals surface area contributed by atoms with Gasteiger partial charge in [0.1, 0.15) is 0 Å². The summed E-state index contributed by atoms with van der Waals surface area (Å²) in [4.78, 5) is 15.7. The molecule has 1 heterocycles. The van der Waals surface area contributed by atoms with Crippen LogP contribution in [0.15, 0.2) is 18.3 Å². The number of nitrogens with zero attached hydrogens (tertiary/aromatic N) is 1. The van der Waals surface area contributed by atoms with Gasteiger partial charge in [0, 0.05) is 6.20 Å². The molecular formula is C12H17NO3. The number of aromatic nitrogens is 1. The van der Waals surface area contributed by atoms with Gasteiger partial charge in [0.15, 0.2) is 5.75 Å². The lowest BCUT2D eigenvalue weighted by molar-refractivity contribution is -0.143. The summed E-state index contributed by atoms with van der Waals surface area (Å²) < 4.78 is 10.5. The van der Waals surface area contributed by atoms with E-state index in [4.69, 9.17) is 9.47 Å². The third-order valence-electron chi connectivity index (χ3n) is 1.83. The molecule has 0 aliphatic rings. The van der Waals surface area contributed by atoms with Crippen molar-refractivity contribution in [3.05, 3.63) is 18.3 Å². The second-order valence-electron chi connectivity index (χ2n) is 4.38. The van der Waals surface area contributed by atoms with Crippen LogP contribution in [0.1, 0.15) is 27.7 Å². The van der Waals surface area contributed by atoms with Crippen molar-refractivity contribution in [3.63, 3.8) is 0 Å². The molecule has 0 N–H and O–H groups in total. The van der Waals surface area contributed by atoms with Crippen LogP contribution in [0.25, 0.3) is 0 Å². The lowest BCUT2D eigenvalue weighted by atomic mass is 9.97. The summed E-state index contributed by atoms with van der Waals surface area (Å²) in [6, 6.07) is 3.37. The van der Waals surface area contributed by atoms with Crippen LogP contribution in [-0.2, 0) is 4.79 Å². The first kappa shape index (κ1) is 12.5. The number of hydrogen-bond donors (Lipinski definition) is 0. The molecule has 1 aromatic rings. The average Bonchev–Trinajstić information content (AvgIpc) is 2.20. The highest BCUT2D eigenvalue weighted by molar-refractivity contribution is 5.78. The molecule has 1 aromatic heterocycles. The molecule has 0 amide bonds. The first-order valence-corrected chi connectivity index (χ1v) is 5.25. The summed E-state index contributed by atoms with van der Waals surface area (Å²) in [5, 5.41) is 0. The number of rotatable bonds is 3. The van der Waals surface area contributed by atoms with Gasteiger partial charge in [-0.3, -0.25) is 4.79 Å². The molecule has 4 nitrogen and oxygen atoms in total. The van der Waals surface area contributed by atoms with Crippen LogP contribution in [0.2, 0.25) is 0 Å². The van der Waals surface area contributed by atoms with E-state index in [1.807, 2.05) is 6.92 Å². The number of ether oxygens (including phenoxy) is 2. The number of pyridine rings is 1. The maximum atomic E-state index is 11.7. The summed E-state index contributed by atoms with van der Waals surface area (Å²) >= 11 is 0. The van der Waals surface area contributed by atoms with Gasteiger partial charge in [0.05, 0.1) is 12.0 Å². The van der Waals surface area contributed by atoms with Crippen molar-refractivity contribution in [1.82, 2.24) is 4.98 Å². The molecule has 4 heteroatoms. The molecule has 1 rings (SSSR count). The molecule has 0 aliphatic heterocycles. The fourth-order valence-corrected chi connectivity index (χ4v) is 0.952. The maximum Gasteiger partial charge on any atom is 0.316 e. The zero-order valence-corrected chi connectivity index (χ0v) is 10.1. The minimum absolute atomic E-state index is 0.304. The highest BCUT2D eigenvalue weighted by Gasteiger charge is 2.25. The smallest absolute Gasteiger partial charge is 0.316 e. The van der Waals surface area contributed by atoms with E-state index >= 15 is 0 Å². The highest BCUT2D eigenvalue weighted by Crippen LogP contribution is 2.26. The number of esters is 1. The molecule has 0 aliphatic carbocycles. The van der Waals surface area contributed by atoms with Gasteiger partial charge in [-0.2, -0.15) is 0 Å². The summed E-state index contributed by atoms with van der Waals surface area (Å²) in [5.74, 6) is 0.410. The lowest BCUT2D eigenvalue weighted by Gasteiger charge is -2.17. The van der Waals surface area contributed by atoms with Crippen LogP contribution >= 0.6 is 0 Å². The first-order chi connectivity index (χ1) is 7.45. The quantitative estimate of drug-likeness (QED) is 0.738. The van der Waals surface area contributed by atoms with Crippen molar-refractivity contribution < 1.29 is 14.3 Å². The van der Waals surface area contributed by atoms with Gasteiger partial charge in [-0.15, -0.1) is 0 Å². The van der Waals surface area contributed by atoms with Gasteiger partial charge < -0.3 is 9.47 Å². The molecule has 88 valence electrons. The average molecular weight is 223 g/mol. The van der Waals surface area contributed by atoms with Crippen LogP contribution in [0.3, 0.4) is 0 Å². The van der Waals surface area contributed by atoms with Crippen LogP contribution in [0.5, 0.6) is 11.6 Å². The molecule has 0 saturated carbocycles. The molecule has 0 fully saturated rings. The largest absolute Gasteiger partial charge is 0.475 e. The standard InChI is InChI=1S/C12H17NO3/c1-5-15-10-9(7-6-8-13-10)16-11(14)12(2,3)4/h6-8H,5H2,1-4H3. The Kier molecular flexibility index (Phi) is 3.88. The van der Waals surface area contributed by atoms with E-state index in [1.165, 1.54) is 0 Å². The predicted molar refractivity (Wildman–Crippen MR) is 60.5 cm³/mol. The Morgan fingerprint density at radius 2 is 2.12 bits per heavy atom. The van der Waals surface area contributed by atoms with Crippen molar-refractivity contribution in [3.8, 4) is 11.6 Å². The van der Waals surface area contributed by atoms with E-state index in [1.54, 1.807) is 39.1 Å². The van der Waals surface area contributed by atoms with Crippen LogP contribution < -0.4 is 9.47 Å². The number of carbonyl (C=O) groups excluding carboxylic acids is 1. The lowest BCUT2D eigenvalue weighted by Crippen LogP contribution is -2.25. The Morgan fingerprint density at radius 3 is 2.69 bits per heavy atom. The van der Waals surface area contributed by atoms with Crippen LogP contribution in [-0.4, -0.2) is 17.6 Å².